The van der Waals surface area contributed by atoms with E-state index in [1.807, 2.05) is 6.92 Å². The number of halogens is 2. The normalized spacial score (nSPS) is 17.0. The smallest absolute Gasteiger partial charge is 0.256 e. The maximum absolute atomic E-state index is 13.3. The predicted octanol–water partition coefficient (Wildman–Crippen LogP) is 5.00. The number of hydrogen-bond acceptors (Lipinski definition) is 5. The van der Waals surface area contributed by atoms with Crippen LogP contribution in [0.1, 0.15) is 51.3 Å². The zero-order chi connectivity index (χ0) is 28.1. The van der Waals surface area contributed by atoms with Gasteiger partial charge in [-0.1, -0.05) is 35.3 Å². The highest BCUT2D eigenvalue weighted by molar-refractivity contribution is 7.90. The molecule has 0 unspecified atom stereocenters. The summed E-state index contributed by atoms with van der Waals surface area (Å²) in [5, 5.41) is 13.0. The van der Waals surface area contributed by atoms with Gasteiger partial charge in [0.2, 0.25) is 0 Å². The van der Waals surface area contributed by atoms with E-state index in [0.29, 0.717) is 65.3 Å². The van der Waals surface area contributed by atoms with Crippen molar-refractivity contribution in [2.75, 3.05) is 18.4 Å². The molecule has 8 nitrogen and oxygen atoms in total. The van der Waals surface area contributed by atoms with Crippen molar-refractivity contribution in [3.8, 4) is 0 Å². The number of sulfone groups is 1. The molecule has 3 N–H and O–H groups in total. The average Bonchev–Trinajstić information content (AvgIpc) is 3.35. The highest BCUT2D eigenvalue weighted by Crippen LogP contribution is 2.37. The second-order valence-electron chi connectivity index (χ2n) is 9.88. The topological polar surface area (TPSA) is 120 Å². The van der Waals surface area contributed by atoms with E-state index in [4.69, 9.17) is 23.2 Å². The molecule has 0 spiro atoms. The zero-order valence-electron chi connectivity index (χ0n) is 21.3. The van der Waals surface area contributed by atoms with Gasteiger partial charge in [0, 0.05) is 35.7 Å². The summed E-state index contributed by atoms with van der Waals surface area (Å²) >= 11 is 12.3. The number of H-pyrrole nitrogens is 1. The molecule has 204 valence electrons. The van der Waals surface area contributed by atoms with Crippen molar-refractivity contribution in [1.29, 1.82) is 0 Å². The number of amides is 2. The van der Waals surface area contributed by atoms with Crippen LogP contribution in [0.25, 0.3) is 11.6 Å². The maximum Gasteiger partial charge on any atom is 0.256 e. The summed E-state index contributed by atoms with van der Waals surface area (Å²) < 4.78 is 26.5. The van der Waals surface area contributed by atoms with Crippen LogP contribution in [0.4, 0.5) is 5.69 Å². The number of likely N-dealkylation sites (tertiary alicyclic amines) is 1. The number of aliphatic hydroxyl groups is 1. The fourth-order valence-electron chi connectivity index (χ4n) is 5.06. The summed E-state index contributed by atoms with van der Waals surface area (Å²) in [6, 6.07) is 9.32. The molecular formula is C28H27Cl2N3O5S. The van der Waals surface area contributed by atoms with Gasteiger partial charge in [-0.2, -0.15) is 0 Å². The molecule has 0 atom stereocenters. The number of benzene rings is 2. The molecule has 2 aliphatic heterocycles. The number of anilines is 1. The Hall–Kier alpha value is -3.11. The van der Waals surface area contributed by atoms with Crippen LogP contribution in [-0.4, -0.2) is 54.4 Å². The Morgan fingerprint density at radius 2 is 1.87 bits per heavy atom. The summed E-state index contributed by atoms with van der Waals surface area (Å²) in [6.45, 7) is 4.57. The maximum atomic E-state index is 13.3. The van der Waals surface area contributed by atoms with Gasteiger partial charge < -0.3 is 20.3 Å². The van der Waals surface area contributed by atoms with Crippen LogP contribution in [0.2, 0.25) is 10.0 Å². The fourth-order valence-corrected chi connectivity index (χ4v) is 6.92. The SMILES string of the molecule is Cc1[nH]c(C=C2C(=O)Nc3ccc(S(=O)(=O)Cc4cccc(Cl)c4Cl)cc32)c(C)c1C(=O)N1CCC(O)CC1. The number of hydrogen-bond donors (Lipinski definition) is 3. The Morgan fingerprint density at radius 3 is 2.59 bits per heavy atom. The Labute approximate surface area is 236 Å². The minimum Gasteiger partial charge on any atom is -0.393 e. The van der Waals surface area contributed by atoms with Crippen molar-refractivity contribution in [3.05, 3.63) is 80.1 Å². The fraction of sp³-hybridized carbons (Fsp3) is 0.286. The van der Waals surface area contributed by atoms with E-state index in [-0.39, 0.29) is 44.2 Å². The third-order valence-corrected chi connectivity index (χ3v) is 9.76. The first-order chi connectivity index (χ1) is 18.5. The number of rotatable bonds is 5. The van der Waals surface area contributed by atoms with Gasteiger partial charge in [0.15, 0.2) is 9.84 Å². The first-order valence-corrected chi connectivity index (χ1v) is 14.9. The van der Waals surface area contributed by atoms with Crippen LogP contribution in [0, 0.1) is 13.8 Å². The van der Waals surface area contributed by atoms with Crippen LogP contribution < -0.4 is 5.32 Å². The lowest BCUT2D eigenvalue weighted by molar-refractivity contribution is -0.110. The van der Waals surface area contributed by atoms with Gasteiger partial charge in [-0.05, 0) is 68.2 Å². The predicted molar refractivity (Wildman–Crippen MR) is 152 cm³/mol. The molecule has 3 aromatic rings. The van der Waals surface area contributed by atoms with E-state index >= 15 is 0 Å². The van der Waals surface area contributed by atoms with Crippen LogP contribution in [0.15, 0.2) is 41.3 Å². The van der Waals surface area contributed by atoms with Crippen molar-refractivity contribution < 1.29 is 23.1 Å². The molecule has 0 radical (unpaired) electrons. The first kappa shape index (κ1) is 27.5. The quantitative estimate of drug-likeness (QED) is 0.363. The van der Waals surface area contributed by atoms with E-state index in [0.717, 1.165) is 0 Å². The average molecular weight is 589 g/mol. The van der Waals surface area contributed by atoms with Crippen LogP contribution in [0.3, 0.4) is 0 Å². The summed E-state index contributed by atoms with van der Waals surface area (Å²) in [7, 11) is -3.81. The van der Waals surface area contributed by atoms with Crippen molar-refractivity contribution >= 4 is 62.2 Å². The van der Waals surface area contributed by atoms with Crippen molar-refractivity contribution in [3.63, 3.8) is 0 Å². The number of carbonyl (C=O) groups is 2. The van der Waals surface area contributed by atoms with Gasteiger partial charge in [0.05, 0.1) is 37.9 Å². The Bertz CT molecular complexity index is 1640. The van der Waals surface area contributed by atoms with Crippen LogP contribution in [0.5, 0.6) is 0 Å². The number of nitrogens with one attached hydrogen (secondary N) is 2. The minimum absolute atomic E-state index is 0.0437. The van der Waals surface area contributed by atoms with E-state index < -0.39 is 9.84 Å². The van der Waals surface area contributed by atoms with Gasteiger partial charge in [-0.3, -0.25) is 9.59 Å². The number of nitrogens with zero attached hydrogens (tertiary/aromatic N) is 1. The van der Waals surface area contributed by atoms with Crippen LogP contribution in [-0.2, 0) is 20.4 Å². The second-order valence-corrected chi connectivity index (χ2v) is 12.7. The molecule has 1 aromatic heterocycles. The van der Waals surface area contributed by atoms with Gasteiger partial charge in [-0.25, -0.2) is 8.42 Å². The monoisotopic (exact) mass is 587 g/mol. The molecule has 2 aromatic carbocycles. The number of aromatic nitrogens is 1. The number of aromatic amines is 1. The van der Waals surface area contributed by atoms with E-state index in [2.05, 4.69) is 10.3 Å². The number of fused-ring (bicyclic) bond motifs is 1. The number of carbonyl (C=O) groups excluding carboxylic acids is 2. The van der Waals surface area contributed by atoms with E-state index in [9.17, 15) is 23.1 Å². The van der Waals surface area contributed by atoms with Gasteiger partial charge >= 0.3 is 0 Å². The number of aryl methyl sites for hydroxylation is 1. The Balaban J connectivity index is 1.48. The molecular weight excluding hydrogens is 561 g/mol. The molecule has 0 aliphatic carbocycles. The summed E-state index contributed by atoms with van der Waals surface area (Å²) in [4.78, 5) is 31.1. The minimum atomic E-state index is -3.81. The van der Waals surface area contributed by atoms with Crippen molar-refractivity contribution in [1.82, 2.24) is 9.88 Å². The van der Waals surface area contributed by atoms with Gasteiger partial charge in [0.1, 0.15) is 0 Å². The Kier molecular flexibility index (Phi) is 7.37. The van der Waals surface area contributed by atoms with Crippen molar-refractivity contribution in [2.24, 2.45) is 0 Å². The molecule has 11 heteroatoms. The van der Waals surface area contributed by atoms with Gasteiger partial charge in [-0.15, -0.1) is 0 Å². The van der Waals surface area contributed by atoms with E-state index in [1.54, 1.807) is 42.2 Å². The molecule has 0 bridgehead atoms. The highest BCUT2D eigenvalue weighted by Gasteiger charge is 2.30. The molecule has 1 saturated heterocycles. The second kappa shape index (κ2) is 10.5. The third-order valence-electron chi connectivity index (χ3n) is 7.24. The standard InChI is InChI=1S/C28H27Cl2N3O5S/c1-15-24(31-16(2)25(15)28(36)33-10-8-18(34)9-11-33)13-21-20-12-19(6-7-23(20)32-27(21)35)39(37,38)14-17-4-3-5-22(29)26(17)30/h3-7,12-13,18,31,34H,8-11,14H2,1-2H3,(H,32,35). The zero-order valence-corrected chi connectivity index (χ0v) is 23.7. The number of piperidine rings is 1. The summed E-state index contributed by atoms with van der Waals surface area (Å²) in [5.74, 6) is -0.844. The van der Waals surface area contributed by atoms with E-state index in [1.165, 1.54) is 12.1 Å². The third kappa shape index (κ3) is 5.24. The van der Waals surface area contributed by atoms with Crippen LogP contribution >= 0.6 is 23.2 Å². The largest absolute Gasteiger partial charge is 0.393 e. The lowest BCUT2D eigenvalue weighted by Crippen LogP contribution is -2.40. The van der Waals surface area contributed by atoms with Gasteiger partial charge in [0.25, 0.3) is 11.8 Å². The molecule has 39 heavy (non-hydrogen) atoms. The first-order valence-electron chi connectivity index (χ1n) is 12.5. The lowest BCUT2D eigenvalue weighted by atomic mass is 10.0. The summed E-state index contributed by atoms with van der Waals surface area (Å²) in [5.41, 5.74) is 4.09. The highest BCUT2D eigenvalue weighted by atomic mass is 35.5. The molecule has 5 rings (SSSR count). The number of aliphatic hydroxyl groups excluding tert-OH is 1. The molecule has 0 saturated carbocycles. The lowest BCUT2D eigenvalue weighted by Gasteiger charge is -2.29. The molecule has 3 heterocycles. The molecule has 2 amide bonds. The van der Waals surface area contributed by atoms with Crippen molar-refractivity contribution in [2.45, 2.75) is 43.4 Å². The Morgan fingerprint density at radius 1 is 1.15 bits per heavy atom. The summed E-state index contributed by atoms with van der Waals surface area (Å²) in [6.07, 6.45) is 2.33. The molecule has 1 fully saturated rings. The molecule has 2 aliphatic rings.